The van der Waals surface area contributed by atoms with E-state index in [4.69, 9.17) is 0 Å². The van der Waals surface area contributed by atoms with Crippen LogP contribution in [0, 0.1) is 0 Å². The number of anilines is 1. The quantitative estimate of drug-likeness (QED) is 0.348. The van der Waals surface area contributed by atoms with Crippen molar-refractivity contribution in [2.75, 3.05) is 18.0 Å². The number of hydrogen-bond donors (Lipinski definition) is 0. The summed E-state index contributed by atoms with van der Waals surface area (Å²) in [6.07, 6.45) is 3.99. The standard InChI is InChI=1S/C25H25N2.BrH/c1-26-23-11-5-3-9-21(23)25(22-10-4-6-12-24(22)26)19-13-15-20(16-14-19)27-17-7-2-8-18-27;/h3-6,9-16H,2,7-8,17-18H2,1H3;1H/q+1;/p-1. The van der Waals surface area contributed by atoms with E-state index >= 15 is 0 Å². The molecule has 0 bridgehead atoms. The molecule has 0 saturated carbocycles. The number of aromatic nitrogens is 1. The van der Waals surface area contributed by atoms with Crippen LogP contribution in [0.5, 0.6) is 0 Å². The number of halogens is 1. The second-order valence-electron chi connectivity index (χ2n) is 7.56. The lowest BCUT2D eigenvalue weighted by atomic mass is 9.95. The van der Waals surface area contributed by atoms with Crippen molar-refractivity contribution in [3.8, 4) is 11.1 Å². The molecule has 4 aromatic rings. The molecule has 1 aliphatic heterocycles. The maximum Gasteiger partial charge on any atom is 0.213 e. The van der Waals surface area contributed by atoms with Crippen LogP contribution in [0.3, 0.4) is 0 Å². The Morgan fingerprint density at radius 2 is 1.21 bits per heavy atom. The number of benzene rings is 3. The van der Waals surface area contributed by atoms with E-state index in [1.165, 1.54) is 71.0 Å². The van der Waals surface area contributed by atoms with Gasteiger partial charge in [0.05, 0.1) is 10.8 Å². The summed E-state index contributed by atoms with van der Waals surface area (Å²) in [6.45, 7) is 2.37. The van der Waals surface area contributed by atoms with Crippen molar-refractivity contribution >= 4 is 27.5 Å². The first-order chi connectivity index (χ1) is 13.3. The molecule has 0 spiro atoms. The fourth-order valence-electron chi connectivity index (χ4n) is 4.53. The van der Waals surface area contributed by atoms with Crippen LogP contribution in [-0.2, 0) is 7.05 Å². The molecule has 0 radical (unpaired) electrons. The average molecular weight is 433 g/mol. The number of nitrogens with zero attached hydrogens (tertiary/aromatic N) is 2. The number of piperidine rings is 1. The Kier molecular flexibility index (Phi) is 5.36. The van der Waals surface area contributed by atoms with Crippen LogP contribution < -0.4 is 26.4 Å². The first-order valence-electron chi connectivity index (χ1n) is 9.98. The van der Waals surface area contributed by atoms with E-state index in [0.29, 0.717) is 0 Å². The van der Waals surface area contributed by atoms with Crippen LogP contribution >= 0.6 is 0 Å². The minimum atomic E-state index is 0. The summed E-state index contributed by atoms with van der Waals surface area (Å²) in [6, 6.07) is 26.7. The second kappa shape index (κ2) is 7.92. The van der Waals surface area contributed by atoms with Crippen molar-refractivity contribution in [2.24, 2.45) is 7.05 Å². The van der Waals surface area contributed by atoms with Crippen LogP contribution in [0.15, 0.2) is 72.8 Å². The molecule has 3 aromatic carbocycles. The van der Waals surface area contributed by atoms with E-state index in [1.807, 2.05) is 0 Å². The molecule has 2 nitrogen and oxygen atoms in total. The monoisotopic (exact) mass is 432 g/mol. The van der Waals surface area contributed by atoms with Gasteiger partial charge >= 0.3 is 0 Å². The number of fused-ring (bicyclic) bond motifs is 2. The SMILES string of the molecule is C[n+]1c2ccccc2c(-c2ccc(N3CCCCC3)cc2)c2ccccc21.[Br-]. The Morgan fingerprint density at radius 1 is 0.679 bits per heavy atom. The molecular weight excluding hydrogens is 408 g/mol. The zero-order valence-electron chi connectivity index (χ0n) is 16.2. The van der Waals surface area contributed by atoms with Gasteiger partial charge in [0.15, 0.2) is 0 Å². The molecule has 28 heavy (non-hydrogen) atoms. The molecule has 1 aliphatic rings. The Morgan fingerprint density at radius 3 is 1.79 bits per heavy atom. The molecule has 0 N–H and O–H groups in total. The molecule has 0 amide bonds. The molecule has 1 fully saturated rings. The van der Waals surface area contributed by atoms with Crippen molar-refractivity contribution in [3.05, 3.63) is 72.8 Å². The summed E-state index contributed by atoms with van der Waals surface area (Å²) < 4.78 is 2.30. The molecule has 1 saturated heterocycles. The fraction of sp³-hybridized carbons (Fsp3) is 0.240. The third-order valence-corrected chi connectivity index (χ3v) is 5.95. The third kappa shape index (κ3) is 3.18. The maximum atomic E-state index is 2.52. The summed E-state index contributed by atoms with van der Waals surface area (Å²) >= 11 is 0. The van der Waals surface area contributed by atoms with Gasteiger partial charge in [-0.2, -0.15) is 4.57 Å². The maximum absolute atomic E-state index is 2.52. The predicted octanol–water partition coefficient (Wildman–Crippen LogP) is 2.48. The highest BCUT2D eigenvalue weighted by Crippen LogP contribution is 2.34. The largest absolute Gasteiger partial charge is 1.00 e. The number of rotatable bonds is 2. The Hall–Kier alpha value is -2.39. The highest BCUT2D eigenvalue weighted by Gasteiger charge is 2.18. The molecule has 0 unspecified atom stereocenters. The van der Waals surface area contributed by atoms with Gasteiger partial charge in [-0.05, 0) is 49.1 Å². The Balaban J connectivity index is 0.00000192. The van der Waals surface area contributed by atoms with Crippen LogP contribution in [0.1, 0.15) is 19.3 Å². The minimum absolute atomic E-state index is 0. The van der Waals surface area contributed by atoms with Crippen molar-refractivity contribution in [2.45, 2.75) is 19.3 Å². The lowest BCUT2D eigenvalue weighted by Crippen LogP contribution is -3.00. The molecule has 5 rings (SSSR count). The topological polar surface area (TPSA) is 7.12 Å². The summed E-state index contributed by atoms with van der Waals surface area (Å²) in [7, 11) is 2.16. The Bertz CT molecular complexity index is 1060. The van der Waals surface area contributed by atoms with E-state index in [2.05, 4.69) is 89.3 Å². The molecule has 142 valence electrons. The van der Waals surface area contributed by atoms with Crippen molar-refractivity contribution in [3.63, 3.8) is 0 Å². The van der Waals surface area contributed by atoms with Crippen molar-refractivity contribution < 1.29 is 21.5 Å². The predicted molar refractivity (Wildman–Crippen MR) is 114 cm³/mol. The van der Waals surface area contributed by atoms with Gasteiger partial charge in [-0.3, -0.25) is 0 Å². The number of hydrogen-bond acceptors (Lipinski definition) is 1. The van der Waals surface area contributed by atoms with Gasteiger partial charge in [0, 0.05) is 36.5 Å². The van der Waals surface area contributed by atoms with E-state index in [0.717, 1.165) is 0 Å². The van der Waals surface area contributed by atoms with Gasteiger partial charge in [-0.25, -0.2) is 0 Å². The fourth-order valence-corrected chi connectivity index (χ4v) is 4.53. The lowest BCUT2D eigenvalue weighted by Gasteiger charge is -2.29. The zero-order chi connectivity index (χ0) is 18.2. The summed E-state index contributed by atoms with van der Waals surface area (Å²) in [5.41, 5.74) is 6.53. The van der Waals surface area contributed by atoms with Gasteiger partial charge < -0.3 is 21.9 Å². The summed E-state index contributed by atoms with van der Waals surface area (Å²) in [5.74, 6) is 0. The first kappa shape index (κ1) is 18.9. The number of para-hydroxylation sites is 2. The van der Waals surface area contributed by atoms with Gasteiger partial charge in [-0.1, -0.05) is 36.4 Å². The Labute approximate surface area is 177 Å². The third-order valence-electron chi connectivity index (χ3n) is 5.95. The lowest BCUT2D eigenvalue weighted by molar-refractivity contribution is -0.617. The van der Waals surface area contributed by atoms with E-state index in [1.54, 1.807) is 0 Å². The van der Waals surface area contributed by atoms with Crippen LogP contribution in [0.4, 0.5) is 5.69 Å². The molecule has 0 aliphatic carbocycles. The van der Waals surface area contributed by atoms with E-state index in [9.17, 15) is 0 Å². The molecule has 0 atom stereocenters. The van der Waals surface area contributed by atoms with Crippen molar-refractivity contribution in [1.29, 1.82) is 0 Å². The summed E-state index contributed by atoms with van der Waals surface area (Å²) in [4.78, 5) is 2.52. The minimum Gasteiger partial charge on any atom is -1.00 e. The second-order valence-corrected chi connectivity index (χ2v) is 7.56. The zero-order valence-corrected chi connectivity index (χ0v) is 17.8. The number of aryl methyl sites for hydroxylation is 1. The average Bonchev–Trinajstić information content (AvgIpc) is 2.75. The summed E-state index contributed by atoms with van der Waals surface area (Å²) in [5, 5.41) is 2.62. The molecule has 2 heterocycles. The van der Waals surface area contributed by atoms with Gasteiger partial charge in [-0.15, -0.1) is 0 Å². The normalized spacial score (nSPS) is 14.2. The molecular formula is C25H25BrN2. The van der Waals surface area contributed by atoms with Crippen LogP contribution in [0.25, 0.3) is 32.9 Å². The van der Waals surface area contributed by atoms with Gasteiger partial charge in [0.2, 0.25) is 11.0 Å². The van der Waals surface area contributed by atoms with Crippen LogP contribution in [-0.4, -0.2) is 13.1 Å². The number of pyridine rings is 1. The molecule has 3 heteroatoms. The van der Waals surface area contributed by atoms with E-state index in [-0.39, 0.29) is 17.0 Å². The van der Waals surface area contributed by atoms with Gasteiger partial charge in [0.25, 0.3) is 0 Å². The molecule has 1 aromatic heterocycles. The smallest absolute Gasteiger partial charge is 0.213 e. The van der Waals surface area contributed by atoms with E-state index < -0.39 is 0 Å². The highest BCUT2D eigenvalue weighted by atomic mass is 79.9. The van der Waals surface area contributed by atoms with Crippen LogP contribution in [0.2, 0.25) is 0 Å². The highest BCUT2D eigenvalue weighted by molar-refractivity contribution is 6.07. The van der Waals surface area contributed by atoms with Gasteiger partial charge in [0.1, 0.15) is 7.05 Å². The first-order valence-corrected chi connectivity index (χ1v) is 9.98. The van der Waals surface area contributed by atoms with Crippen molar-refractivity contribution in [1.82, 2.24) is 0 Å².